The van der Waals surface area contributed by atoms with Crippen molar-refractivity contribution >= 4 is 34.9 Å². The van der Waals surface area contributed by atoms with E-state index < -0.39 is 0 Å². The number of hydrogen-bond acceptors (Lipinski definition) is 4. The normalized spacial score (nSPS) is 11.3. The van der Waals surface area contributed by atoms with Crippen LogP contribution >= 0.6 is 23.2 Å². The maximum absolute atomic E-state index is 13.5. The van der Waals surface area contributed by atoms with Crippen LogP contribution in [0, 0.1) is 0 Å². The number of pyridine rings is 2. The molecule has 0 aliphatic carbocycles. The van der Waals surface area contributed by atoms with E-state index in [1.165, 1.54) is 11.8 Å². The van der Waals surface area contributed by atoms with Crippen molar-refractivity contribution < 1.29 is 4.79 Å². The summed E-state index contributed by atoms with van der Waals surface area (Å²) < 4.78 is 0. The van der Waals surface area contributed by atoms with Gasteiger partial charge < -0.3 is 10.2 Å². The Morgan fingerprint density at radius 3 is 2.38 bits per heavy atom. The van der Waals surface area contributed by atoms with Gasteiger partial charge in [-0.3, -0.25) is 4.79 Å². The second-order valence-electron chi connectivity index (χ2n) is 8.71. The van der Waals surface area contributed by atoms with E-state index in [1.54, 1.807) is 19.3 Å². The molecule has 5 nitrogen and oxygen atoms in total. The van der Waals surface area contributed by atoms with Crippen LogP contribution in [0.3, 0.4) is 0 Å². The fourth-order valence-electron chi connectivity index (χ4n) is 3.42. The minimum atomic E-state index is -0.135. The standard InChI is InChI=1S/C25H28Cl2N4O/c1-25(2,3)19-7-5-18(6-8-19)16-31(12-10-17-9-11-29-22(27)13-17)24(32)21-14-20(26)15-30-23(21)28-4/h5-9,11,13-15H,10,12,16H2,1-4H3,(H,28,30). The summed E-state index contributed by atoms with van der Waals surface area (Å²) in [6.07, 6.45) is 3.85. The number of hydrogen-bond donors (Lipinski definition) is 1. The number of rotatable bonds is 7. The largest absolute Gasteiger partial charge is 0.372 e. The Hall–Kier alpha value is -2.63. The van der Waals surface area contributed by atoms with E-state index in [0.29, 0.717) is 41.1 Å². The van der Waals surface area contributed by atoms with E-state index in [4.69, 9.17) is 23.2 Å². The SMILES string of the molecule is CNc1ncc(Cl)cc1C(=O)N(CCc1ccnc(Cl)c1)Cc1ccc(C(C)(C)C)cc1. The number of amides is 1. The van der Waals surface area contributed by atoms with E-state index in [1.807, 2.05) is 17.0 Å². The smallest absolute Gasteiger partial charge is 0.257 e. The van der Waals surface area contributed by atoms with Crippen molar-refractivity contribution in [1.29, 1.82) is 0 Å². The molecule has 0 aliphatic heterocycles. The molecule has 168 valence electrons. The minimum Gasteiger partial charge on any atom is -0.372 e. The van der Waals surface area contributed by atoms with Crippen molar-refractivity contribution in [2.24, 2.45) is 0 Å². The zero-order chi connectivity index (χ0) is 23.3. The van der Waals surface area contributed by atoms with Gasteiger partial charge in [0.2, 0.25) is 0 Å². The first-order chi connectivity index (χ1) is 15.2. The number of nitrogens with zero attached hydrogens (tertiary/aromatic N) is 3. The van der Waals surface area contributed by atoms with E-state index in [2.05, 4.69) is 60.3 Å². The molecule has 0 radical (unpaired) electrons. The fourth-order valence-corrected chi connectivity index (χ4v) is 3.77. The molecule has 32 heavy (non-hydrogen) atoms. The van der Waals surface area contributed by atoms with Crippen LogP contribution in [0.15, 0.2) is 54.9 Å². The molecule has 2 heterocycles. The van der Waals surface area contributed by atoms with Gasteiger partial charge in [-0.1, -0.05) is 68.2 Å². The quantitative estimate of drug-likeness (QED) is 0.429. The molecule has 2 aromatic heterocycles. The van der Waals surface area contributed by atoms with Crippen LogP contribution in [0.25, 0.3) is 0 Å². The van der Waals surface area contributed by atoms with Gasteiger partial charge in [0.1, 0.15) is 11.0 Å². The Kier molecular flexibility index (Phi) is 7.75. The zero-order valence-corrected chi connectivity index (χ0v) is 20.3. The Morgan fingerprint density at radius 2 is 1.75 bits per heavy atom. The first-order valence-corrected chi connectivity index (χ1v) is 11.3. The third-order valence-electron chi connectivity index (χ3n) is 5.26. The molecule has 0 fully saturated rings. The number of benzene rings is 1. The highest BCUT2D eigenvalue weighted by Crippen LogP contribution is 2.24. The molecule has 1 N–H and O–H groups in total. The summed E-state index contributed by atoms with van der Waals surface area (Å²) in [4.78, 5) is 23.6. The second kappa shape index (κ2) is 10.3. The molecule has 0 spiro atoms. The van der Waals surface area contributed by atoms with Gasteiger partial charge in [-0.25, -0.2) is 9.97 Å². The summed E-state index contributed by atoms with van der Waals surface area (Å²) in [6, 6.07) is 13.8. The number of aromatic nitrogens is 2. The van der Waals surface area contributed by atoms with E-state index in [9.17, 15) is 4.79 Å². The van der Waals surface area contributed by atoms with Crippen LogP contribution in [-0.4, -0.2) is 34.4 Å². The lowest BCUT2D eigenvalue weighted by Gasteiger charge is -2.25. The van der Waals surface area contributed by atoms with Gasteiger partial charge in [-0.15, -0.1) is 0 Å². The molecular weight excluding hydrogens is 443 g/mol. The number of halogens is 2. The van der Waals surface area contributed by atoms with Gasteiger partial charge in [-0.05, 0) is 46.7 Å². The van der Waals surface area contributed by atoms with E-state index in [0.717, 1.165) is 11.1 Å². The number of carbonyl (C=O) groups is 1. The Morgan fingerprint density at radius 1 is 1.03 bits per heavy atom. The molecule has 0 saturated carbocycles. The lowest BCUT2D eigenvalue weighted by molar-refractivity contribution is 0.0745. The van der Waals surface area contributed by atoms with Gasteiger partial charge in [-0.2, -0.15) is 0 Å². The van der Waals surface area contributed by atoms with Gasteiger partial charge in [0, 0.05) is 32.5 Å². The molecule has 7 heteroatoms. The first-order valence-electron chi connectivity index (χ1n) is 10.5. The molecule has 0 saturated heterocycles. The van der Waals surface area contributed by atoms with Crippen LogP contribution in [-0.2, 0) is 18.4 Å². The van der Waals surface area contributed by atoms with Gasteiger partial charge >= 0.3 is 0 Å². The predicted octanol–water partition coefficient (Wildman–Crippen LogP) is 6.01. The average Bonchev–Trinajstić information content (AvgIpc) is 2.76. The van der Waals surface area contributed by atoms with Crippen molar-refractivity contribution in [2.45, 2.75) is 39.2 Å². The summed E-state index contributed by atoms with van der Waals surface area (Å²) in [5.41, 5.74) is 3.84. The van der Waals surface area contributed by atoms with E-state index >= 15 is 0 Å². The number of carbonyl (C=O) groups excluding carboxylic acids is 1. The lowest BCUT2D eigenvalue weighted by atomic mass is 9.87. The average molecular weight is 471 g/mol. The van der Waals surface area contributed by atoms with Crippen LogP contribution < -0.4 is 5.32 Å². The Labute approximate surface area is 199 Å². The minimum absolute atomic E-state index is 0.0722. The van der Waals surface area contributed by atoms with Gasteiger partial charge in [0.15, 0.2) is 0 Å². The monoisotopic (exact) mass is 470 g/mol. The fraction of sp³-hybridized carbons (Fsp3) is 0.320. The van der Waals surface area contributed by atoms with Gasteiger partial charge in [0.05, 0.1) is 10.6 Å². The van der Waals surface area contributed by atoms with Crippen LogP contribution in [0.4, 0.5) is 5.82 Å². The molecule has 3 aromatic rings. The van der Waals surface area contributed by atoms with Crippen molar-refractivity contribution in [2.75, 3.05) is 18.9 Å². The predicted molar refractivity (Wildman–Crippen MR) is 132 cm³/mol. The van der Waals surface area contributed by atoms with Crippen LogP contribution in [0.2, 0.25) is 10.2 Å². The summed E-state index contributed by atoms with van der Waals surface area (Å²) in [5.74, 6) is 0.365. The summed E-state index contributed by atoms with van der Waals surface area (Å²) in [5, 5.41) is 3.84. The molecule has 0 aliphatic rings. The molecule has 3 rings (SSSR count). The Balaban J connectivity index is 1.88. The molecule has 0 unspecified atom stereocenters. The summed E-state index contributed by atoms with van der Waals surface area (Å²) in [6.45, 7) is 7.53. The van der Waals surface area contributed by atoms with Crippen LogP contribution in [0.1, 0.15) is 47.8 Å². The highest BCUT2D eigenvalue weighted by molar-refractivity contribution is 6.31. The van der Waals surface area contributed by atoms with Crippen molar-refractivity contribution in [3.63, 3.8) is 0 Å². The van der Waals surface area contributed by atoms with Crippen molar-refractivity contribution in [1.82, 2.24) is 14.9 Å². The highest BCUT2D eigenvalue weighted by atomic mass is 35.5. The lowest BCUT2D eigenvalue weighted by Crippen LogP contribution is -2.33. The summed E-state index contributed by atoms with van der Waals surface area (Å²) >= 11 is 12.2. The van der Waals surface area contributed by atoms with Crippen LogP contribution in [0.5, 0.6) is 0 Å². The molecule has 0 atom stereocenters. The number of nitrogens with one attached hydrogen (secondary N) is 1. The third kappa shape index (κ3) is 6.21. The molecular formula is C25H28Cl2N4O. The first kappa shape index (κ1) is 24.0. The topological polar surface area (TPSA) is 58.1 Å². The molecule has 0 bridgehead atoms. The zero-order valence-electron chi connectivity index (χ0n) is 18.8. The van der Waals surface area contributed by atoms with Gasteiger partial charge in [0.25, 0.3) is 5.91 Å². The molecule has 1 amide bonds. The number of anilines is 1. The van der Waals surface area contributed by atoms with Crippen molar-refractivity contribution in [3.05, 3.63) is 87.3 Å². The third-order valence-corrected chi connectivity index (χ3v) is 5.68. The van der Waals surface area contributed by atoms with Crippen molar-refractivity contribution in [3.8, 4) is 0 Å². The van der Waals surface area contributed by atoms with E-state index in [-0.39, 0.29) is 11.3 Å². The molecule has 1 aromatic carbocycles. The highest BCUT2D eigenvalue weighted by Gasteiger charge is 2.21. The maximum atomic E-state index is 13.5. The second-order valence-corrected chi connectivity index (χ2v) is 9.53. The summed E-state index contributed by atoms with van der Waals surface area (Å²) in [7, 11) is 1.74. The maximum Gasteiger partial charge on any atom is 0.257 e. The Bertz CT molecular complexity index is 1080.